The van der Waals surface area contributed by atoms with Gasteiger partial charge in [0.1, 0.15) is 40.5 Å². The second-order valence-corrected chi connectivity index (χ2v) is 17.1. The number of aromatic nitrogens is 4. The van der Waals surface area contributed by atoms with Crippen LogP contribution in [0.3, 0.4) is 0 Å². The molecule has 17 heteroatoms. The Morgan fingerprint density at radius 3 is 2.59 bits per heavy atom. The lowest BCUT2D eigenvalue weighted by Gasteiger charge is -2.51. The summed E-state index contributed by atoms with van der Waals surface area (Å²) < 4.78 is 67.6. The van der Waals surface area contributed by atoms with Gasteiger partial charge in [0.25, 0.3) is 12.3 Å². The number of thiophene rings is 1. The van der Waals surface area contributed by atoms with E-state index in [-0.39, 0.29) is 64.8 Å². The summed E-state index contributed by atoms with van der Waals surface area (Å²) in [5, 5.41) is 14.4. The zero-order valence-electron chi connectivity index (χ0n) is 30.6. The molecule has 1 amide bonds. The highest BCUT2D eigenvalue weighted by Crippen LogP contribution is 2.47. The van der Waals surface area contributed by atoms with E-state index in [4.69, 9.17) is 27.1 Å². The summed E-state index contributed by atoms with van der Waals surface area (Å²) in [6.45, 7) is 4.03. The van der Waals surface area contributed by atoms with E-state index in [1.54, 1.807) is 11.0 Å². The molecule has 4 saturated heterocycles. The number of carbonyl (C=O) groups excluding carboxylic acids is 1. The smallest absolute Gasteiger partial charge is 0.319 e. The number of hydrogen-bond acceptors (Lipinski definition) is 10. The van der Waals surface area contributed by atoms with Crippen molar-refractivity contribution >= 4 is 60.7 Å². The van der Waals surface area contributed by atoms with Crippen molar-refractivity contribution in [3.63, 3.8) is 0 Å². The Hall–Kier alpha value is -4.72. The number of ether oxygens (including phenoxy) is 1. The Morgan fingerprint density at radius 1 is 1.09 bits per heavy atom. The zero-order valence-corrected chi connectivity index (χ0v) is 32.1. The minimum Gasteiger partial charge on any atom is -0.461 e. The topological polar surface area (TPSA) is 129 Å². The quantitative estimate of drug-likeness (QED) is 0.165. The molecule has 5 aromatic rings. The van der Waals surface area contributed by atoms with Crippen molar-refractivity contribution in [2.24, 2.45) is 12.5 Å². The van der Waals surface area contributed by atoms with Crippen LogP contribution in [0.2, 0.25) is 5.02 Å². The first-order chi connectivity index (χ1) is 26.9. The zero-order chi connectivity index (χ0) is 39.1. The molecule has 11 nitrogen and oxygen atoms in total. The van der Waals surface area contributed by atoms with Gasteiger partial charge in [-0.15, -0.1) is 11.3 Å². The molecule has 0 radical (unpaired) electrons. The van der Waals surface area contributed by atoms with Crippen LogP contribution in [0.4, 0.5) is 28.4 Å². The van der Waals surface area contributed by atoms with Gasteiger partial charge in [-0.25, -0.2) is 17.6 Å². The van der Waals surface area contributed by atoms with Crippen molar-refractivity contribution in [3.8, 4) is 23.2 Å². The number of aryl methyl sites for hydroxylation is 1. The van der Waals surface area contributed by atoms with E-state index in [1.807, 2.05) is 6.07 Å². The third kappa shape index (κ3) is 5.92. The summed E-state index contributed by atoms with van der Waals surface area (Å²) in [6.07, 6.45) is 4.96. The molecule has 0 bridgehead atoms. The van der Waals surface area contributed by atoms with E-state index in [9.17, 15) is 18.8 Å². The number of rotatable bonds is 7. The van der Waals surface area contributed by atoms with Gasteiger partial charge in [0.05, 0.1) is 26.4 Å². The number of amides is 1. The number of nitrogen functional groups attached to an aromatic ring is 1. The third-order valence-electron chi connectivity index (χ3n) is 12.2. The van der Waals surface area contributed by atoms with Crippen molar-refractivity contribution in [3.05, 3.63) is 57.9 Å². The third-order valence-corrected chi connectivity index (χ3v) is 13.5. The lowest BCUT2D eigenvalue weighted by atomic mass is 9.75. The molecule has 4 aliphatic heterocycles. The summed E-state index contributed by atoms with van der Waals surface area (Å²) in [6, 6.07) is 6.25. The van der Waals surface area contributed by atoms with E-state index in [2.05, 4.69) is 19.9 Å². The number of likely N-dealkylation sites (tertiary alicyclic amines) is 1. The second-order valence-electron chi connectivity index (χ2n) is 15.7. The molecule has 7 heterocycles. The fourth-order valence-electron chi connectivity index (χ4n) is 9.59. The number of hydrogen-bond donors (Lipinski definition) is 1. The first-order valence-electron chi connectivity index (χ1n) is 18.8. The molecule has 2 aromatic carbocycles. The summed E-state index contributed by atoms with van der Waals surface area (Å²) in [4.78, 5) is 29.2. The molecule has 3 aromatic heterocycles. The van der Waals surface area contributed by atoms with Gasteiger partial charge < -0.3 is 20.3 Å². The summed E-state index contributed by atoms with van der Waals surface area (Å²) >= 11 is 7.87. The molecule has 56 heavy (non-hydrogen) atoms. The second kappa shape index (κ2) is 13.7. The Kier molecular flexibility index (Phi) is 9.05. The van der Waals surface area contributed by atoms with Crippen molar-refractivity contribution in [2.45, 2.75) is 56.9 Å². The van der Waals surface area contributed by atoms with Gasteiger partial charge in [0.15, 0.2) is 5.82 Å². The van der Waals surface area contributed by atoms with Gasteiger partial charge in [-0.2, -0.15) is 20.3 Å². The van der Waals surface area contributed by atoms with Gasteiger partial charge in [0.2, 0.25) is 0 Å². The number of nitrogens with zero attached hydrogens (tertiary/aromatic N) is 8. The van der Waals surface area contributed by atoms with E-state index >= 15 is 8.78 Å². The highest BCUT2D eigenvalue weighted by Gasteiger charge is 2.48. The van der Waals surface area contributed by atoms with Crippen LogP contribution >= 0.6 is 22.9 Å². The Labute approximate surface area is 328 Å². The first kappa shape index (κ1) is 36.9. The van der Waals surface area contributed by atoms with E-state index in [0.29, 0.717) is 44.0 Å². The van der Waals surface area contributed by atoms with Crippen LogP contribution in [0, 0.1) is 28.4 Å². The van der Waals surface area contributed by atoms with E-state index in [1.165, 1.54) is 30.1 Å². The summed E-state index contributed by atoms with van der Waals surface area (Å²) in [5.74, 6) is -1.44. The average Bonchev–Trinajstić information content (AvgIpc) is 3.89. The van der Waals surface area contributed by atoms with Crippen molar-refractivity contribution < 1.29 is 27.1 Å². The van der Waals surface area contributed by atoms with Gasteiger partial charge >= 0.3 is 6.01 Å². The predicted molar refractivity (Wildman–Crippen MR) is 205 cm³/mol. The van der Waals surface area contributed by atoms with E-state index in [0.717, 1.165) is 69.4 Å². The van der Waals surface area contributed by atoms with Crippen molar-refractivity contribution in [1.82, 2.24) is 29.5 Å². The van der Waals surface area contributed by atoms with E-state index < -0.39 is 29.7 Å². The standard InChI is InChI=1S/C39H38ClF4N9O2S/c1-50-16-24(31(49-50)33(43)44)36(54)52-18-38(19-52)8-2-3-11-51(17-38)35-22-14-25(40)28(21-6-7-26(41)32-27(21)23(15-45)34(46)56-32)29(42)30(22)47-37(48-35)55-20-39-9-4-12-53(39)13-5-10-39/h6-7,14,16,33H,2-5,8-13,17-20,46H2,1H3. The largest absolute Gasteiger partial charge is 0.461 e. The molecule has 4 fully saturated rings. The molecule has 0 aliphatic carbocycles. The molecule has 0 saturated carbocycles. The average molecular weight is 808 g/mol. The number of nitrogens with two attached hydrogens (primary N) is 1. The molecule has 0 atom stereocenters. The normalized spacial score (nSPS) is 19.2. The maximum atomic E-state index is 17.3. The predicted octanol–water partition coefficient (Wildman–Crippen LogP) is 7.71. The van der Waals surface area contributed by atoms with Crippen LogP contribution in [0.15, 0.2) is 24.4 Å². The Balaban J connectivity index is 1.12. The van der Waals surface area contributed by atoms with Gasteiger partial charge in [-0.05, 0) is 69.3 Å². The molecule has 292 valence electrons. The molecule has 2 N–H and O–H groups in total. The maximum Gasteiger partial charge on any atom is 0.319 e. The van der Waals surface area contributed by atoms with Gasteiger partial charge in [0, 0.05) is 61.2 Å². The van der Waals surface area contributed by atoms with Crippen LogP contribution in [0.1, 0.15) is 73.0 Å². The molecule has 0 unspecified atom stereocenters. The SMILES string of the molecule is Cn1cc(C(=O)N2CC3(CCCCN(c4nc(OCC56CCCN5CCC6)nc5c(F)c(-c6ccc(F)c7sc(N)c(C#N)c67)c(Cl)cc45)C3)C2)c(C(F)F)n1. The van der Waals surface area contributed by atoms with Gasteiger partial charge in [-0.3, -0.25) is 14.4 Å². The van der Waals surface area contributed by atoms with Crippen LogP contribution in [0.25, 0.3) is 32.1 Å². The number of fused-ring (bicyclic) bond motifs is 3. The number of halogens is 5. The first-order valence-corrected chi connectivity index (χ1v) is 19.9. The summed E-state index contributed by atoms with van der Waals surface area (Å²) in [7, 11) is 1.50. The molecule has 1 spiro atoms. The van der Waals surface area contributed by atoms with Crippen molar-refractivity contribution in [2.75, 3.05) is 56.5 Å². The van der Waals surface area contributed by atoms with Crippen LogP contribution in [0.5, 0.6) is 6.01 Å². The van der Waals surface area contributed by atoms with Gasteiger partial charge in [-0.1, -0.05) is 24.1 Å². The Morgan fingerprint density at radius 2 is 1.86 bits per heavy atom. The van der Waals surface area contributed by atoms with Crippen LogP contribution in [-0.2, 0) is 7.05 Å². The minimum absolute atomic E-state index is 0.00867. The minimum atomic E-state index is -2.88. The molecule has 4 aliphatic rings. The van der Waals surface area contributed by atoms with Crippen LogP contribution < -0.4 is 15.4 Å². The highest BCUT2D eigenvalue weighted by molar-refractivity contribution is 7.23. The molecular weight excluding hydrogens is 770 g/mol. The monoisotopic (exact) mass is 807 g/mol. The number of anilines is 2. The number of benzene rings is 2. The number of alkyl halides is 2. The molecular formula is C39H38ClF4N9O2S. The Bertz CT molecular complexity index is 2450. The highest BCUT2D eigenvalue weighted by atomic mass is 35.5. The fourth-order valence-corrected chi connectivity index (χ4v) is 10.8. The number of nitriles is 1. The lowest BCUT2D eigenvalue weighted by Crippen LogP contribution is -2.62. The summed E-state index contributed by atoms with van der Waals surface area (Å²) in [5.41, 5.74) is 5.11. The fraction of sp³-hybridized carbons (Fsp3) is 0.462. The lowest BCUT2D eigenvalue weighted by molar-refractivity contribution is 0.00589. The van der Waals surface area contributed by atoms with Crippen molar-refractivity contribution in [1.29, 1.82) is 5.26 Å². The molecule has 9 rings (SSSR count). The van der Waals surface area contributed by atoms with Crippen LogP contribution in [-0.4, -0.2) is 86.9 Å². The number of carbonyl (C=O) groups is 1. The maximum absolute atomic E-state index is 17.3.